The molecule has 0 amide bonds. The Hall–Kier alpha value is -1.10. The number of nitrogen functional groups attached to an aromatic ring is 2. The zero-order chi connectivity index (χ0) is 13.0. The van der Waals surface area contributed by atoms with Crippen LogP contribution in [0.5, 0.6) is 0 Å². The third-order valence-corrected chi connectivity index (χ3v) is 2.75. The molecule has 0 bridgehead atoms. The fraction of sp³-hybridized carbons (Fsp3) is 0.100. The SMILES string of the molecule is Cn1nccc1N.Nc1c(Cl)cc(Cl)cc1Cl. The van der Waals surface area contributed by atoms with Crippen LogP contribution in [0.25, 0.3) is 0 Å². The summed E-state index contributed by atoms with van der Waals surface area (Å²) >= 11 is 16.8. The quantitative estimate of drug-likeness (QED) is 0.733. The average molecular weight is 294 g/mol. The summed E-state index contributed by atoms with van der Waals surface area (Å²) in [6, 6.07) is 4.84. The Morgan fingerprint density at radius 3 is 1.94 bits per heavy atom. The van der Waals surface area contributed by atoms with Gasteiger partial charge in [-0.2, -0.15) is 5.10 Å². The zero-order valence-corrected chi connectivity index (χ0v) is 11.3. The number of nitrogens with two attached hydrogens (primary N) is 2. The second-order valence-electron chi connectivity index (χ2n) is 3.16. The molecular formula is C10H11Cl3N4. The fourth-order valence-electron chi connectivity index (χ4n) is 0.938. The van der Waals surface area contributed by atoms with Gasteiger partial charge in [0.1, 0.15) is 5.82 Å². The fourth-order valence-corrected chi connectivity index (χ4v) is 1.75. The maximum atomic E-state index is 5.63. The molecule has 0 spiro atoms. The van der Waals surface area contributed by atoms with Crippen LogP contribution >= 0.6 is 34.8 Å². The van der Waals surface area contributed by atoms with Gasteiger partial charge in [0.05, 0.1) is 21.9 Å². The predicted molar refractivity (Wildman–Crippen MR) is 73.5 cm³/mol. The van der Waals surface area contributed by atoms with Gasteiger partial charge in [-0.3, -0.25) is 4.68 Å². The lowest BCUT2D eigenvalue weighted by Crippen LogP contribution is -1.95. The van der Waals surface area contributed by atoms with Gasteiger partial charge >= 0.3 is 0 Å². The molecule has 2 aromatic rings. The second-order valence-corrected chi connectivity index (χ2v) is 4.41. The first kappa shape index (κ1) is 14.0. The molecule has 2 rings (SSSR count). The van der Waals surface area contributed by atoms with Crippen LogP contribution in [0.2, 0.25) is 15.1 Å². The molecular weight excluding hydrogens is 282 g/mol. The van der Waals surface area contributed by atoms with E-state index in [1.165, 1.54) is 0 Å². The van der Waals surface area contributed by atoms with Gasteiger partial charge in [0.15, 0.2) is 0 Å². The highest BCUT2D eigenvalue weighted by Crippen LogP contribution is 2.30. The minimum absolute atomic E-state index is 0.368. The van der Waals surface area contributed by atoms with E-state index in [-0.39, 0.29) is 0 Å². The standard InChI is InChI=1S/C6H4Cl3N.C4H7N3/c7-3-1-4(8)6(10)5(9)2-3;1-7-4(5)2-3-6-7/h1-2H,10H2;2-3H,5H2,1H3. The minimum atomic E-state index is 0.368. The molecule has 92 valence electrons. The van der Waals surface area contributed by atoms with E-state index in [1.807, 2.05) is 0 Å². The molecule has 7 heteroatoms. The molecule has 1 aromatic carbocycles. The summed E-state index contributed by atoms with van der Waals surface area (Å²) in [6.45, 7) is 0. The maximum Gasteiger partial charge on any atom is 0.121 e. The molecule has 0 aliphatic heterocycles. The number of rotatable bonds is 0. The van der Waals surface area contributed by atoms with Crippen LogP contribution in [0.1, 0.15) is 0 Å². The summed E-state index contributed by atoms with van der Waals surface area (Å²) in [7, 11) is 1.80. The third-order valence-electron chi connectivity index (χ3n) is 1.90. The van der Waals surface area contributed by atoms with Gasteiger partial charge in [-0.15, -0.1) is 0 Å². The Kier molecular flexibility index (Phi) is 4.93. The number of aryl methyl sites for hydroxylation is 1. The lowest BCUT2D eigenvalue weighted by molar-refractivity contribution is 0.779. The number of hydrogen-bond acceptors (Lipinski definition) is 3. The van der Waals surface area contributed by atoms with E-state index in [0.717, 1.165) is 0 Å². The van der Waals surface area contributed by atoms with Crippen LogP contribution in [-0.4, -0.2) is 9.78 Å². The first-order valence-corrected chi connectivity index (χ1v) is 5.68. The van der Waals surface area contributed by atoms with Crippen molar-refractivity contribution in [3.63, 3.8) is 0 Å². The normalized spacial score (nSPS) is 9.65. The van der Waals surface area contributed by atoms with Gasteiger partial charge in [-0.05, 0) is 18.2 Å². The predicted octanol–water partition coefficient (Wildman–Crippen LogP) is 3.23. The van der Waals surface area contributed by atoms with Gasteiger partial charge in [0, 0.05) is 12.1 Å². The van der Waals surface area contributed by atoms with Crippen molar-refractivity contribution in [2.24, 2.45) is 7.05 Å². The summed E-state index contributed by atoms with van der Waals surface area (Å²) in [4.78, 5) is 0. The van der Waals surface area contributed by atoms with Crippen molar-refractivity contribution in [3.05, 3.63) is 39.5 Å². The van der Waals surface area contributed by atoms with Crippen LogP contribution in [0.3, 0.4) is 0 Å². The van der Waals surface area contributed by atoms with Crippen molar-refractivity contribution in [1.29, 1.82) is 0 Å². The minimum Gasteiger partial charge on any atom is -0.396 e. The lowest BCUT2D eigenvalue weighted by atomic mass is 10.3. The van der Waals surface area contributed by atoms with Crippen molar-refractivity contribution < 1.29 is 0 Å². The topological polar surface area (TPSA) is 69.9 Å². The Balaban J connectivity index is 0.000000181. The van der Waals surface area contributed by atoms with Crippen molar-refractivity contribution >= 4 is 46.3 Å². The van der Waals surface area contributed by atoms with E-state index < -0.39 is 0 Å². The molecule has 4 nitrogen and oxygen atoms in total. The first-order chi connectivity index (χ1) is 7.91. The molecule has 0 aliphatic carbocycles. The van der Waals surface area contributed by atoms with E-state index in [2.05, 4.69) is 5.10 Å². The number of anilines is 2. The molecule has 1 aromatic heterocycles. The van der Waals surface area contributed by atoms with Gasteiger partial charge in [-0.25, -0.2) is 0 Å². The molecule has 0 atom stereocenters. The van der Waals surface area contributed by atoms with Crippen LogP contribution in [0, 0.1) is 0 Å². The Morgan fingerprint density at radius 1 is 1.12 bits per heavy atom. The number of hydrogen-bond donors (Lipinski definition) is 2. The lowest BCUT2D eigenvalue weighted by Gasteiger charge is -1.99. The van der Waals surface area contributed by atoms with Crippen LogP contribution < -0.4 is 11.5 Å². The van der Waals surface area contributed by atoms with Crippen LogP contribution in [0.15, 0.2) is 24.4 Å². The van der Waals surface area contributed by atoms with Crippen LogP contribution in [0.4, 0.5) is 11.5 Å². The van der Waals surface area contributed by atoms with E-state index in [4.69, 9.17) is 46.3 Å². The summed E-state index contributed by atoms with van der Waals surface area (Å²) in [5.74, 6) is 0.694. The highest BCUT2D eigenvalue weighted by Gasteiger charge is 2.01. The van der Waals surface area contributed by atoms with E-state index >= 15 is 0 Å². The monoisotopic (exact) mass is 292 g/mol. The number of aromatic nitrogens is 2. The van der Waals surface area contributed by atoms with Gasteiger partial charge in [0.25, 0.3) is 0 Å². The molecule has 0 unspecified atom stereocenters. The highest BCUT2D eigenvalue weighted by atomic mass is 35.5. The Labute approximate surface area is 114 Å². The summed E-state index contributed by atoms with van der Waals surface area (Å²) < 4.78 is 1.61. The average Bonchev–Trinajstić information content (AvgIpc) is 2.61. The largest absolute Gasteiger partial charge is 0.396 e. The van der Waals surface area contributed by atoms with E-state index in [9.17, 15) is 0 Å². The van der Waals surface area contributed by atoms with Gasteiger partial charge in [-0.1, -0.05) is 34.8 Å². The van der Waals surface area contributed by atoms with Gasteiger partial charge in [0.2, 0.25) is 0 Å². The summed E-state index contributed by atoms with van der Waals surface area (Å²) in [5, 5.41) is 5.07. The number of nitrogens with zero attached hydrogens (tertiary/aromatic N) is 2. The molecule has 17 heavy (non-hydrogen) atoms. The van der Waals surface area contributed by atoms with Crippen molar-refractivity contribution in [2.45, 2.75) is 0 Å². The van der Waals surface area contributed by atoms with Gasteiger partial charge < -0.3 is 11.5 Å². The Bertz CT molecular complexity index is 470. The summed E-state index contributed by atoms with van der Waals surface area (Å²) in [5.41, 5.74) is 11.1. The van der Waals surface area contributed by atoms with Crippen molar-refractivity contribution in [2.75, 3.05) is 11.5 Å². The maximum absolute atomic E-state index is 5.63. The van der Waals surface area contributed by atoms with Crippen LogP contribution in [-0.2, 0) is 7.05 Å². The third kappa shape index (κ3) is 4.00. The highest BCUT2D eigenvalue weighted by molar-refractivity contribution is 6.41. The molecule has 0 fully saturated rings. The molecule has 0 radical (unpaired) electrons. The number of halogens is 3. The molecule has 0 saturated heterocycles. The Morgan fingerprint density at radius 2 is 1.65 bits per heavy atom. The van der Waals surface area contributed by atoms with Crippen molar-refractivity contribution in [1.82, 2.24) is 9.78 Å². The molecule has 4 N–H and O–H groups in total. The molecule has 1 heterocycles. The van der Waals surface area contributed by atoms with E-state index in [0.29, 0.717) is 26.6 Å². The summed E-state index contributed by atoms with van der Waals surface area (Å²) in [6.07, 6.45) is 1.66. The molecule has 0 aliphatic rings. The molecule has 0 saturated carbocycles. The van der Waals surface area contributed by atoms with E-state index in [1.54, 1.807) is 36.1 Å². The van der Waals surface area contributed by atoms with Crippen molar-refractivity contribution in [3.8, 4) is 0 Å². The zero-order valence-electron chi connectivity index (χ0n) is 8.99. The second kappa shape index (κ2) is 6.00. The smallest absolute Gasteiger partial charge is 0.121 e. The number of benzene rings is 1. The first-order valence-electron chi connectivity index (χ1n) is 4.55.